The van der Waals surface area contributed by atoms with Gasteiger partial charge >= 0.3 is 0 Å². The Balaban J connectivity index is 1.81. The molecule has 3 aliphatic rings. The highest BCUT2D eigenvalue weighted by molar-refractivity contribution is 4.96. The normalized spacial score (nSPS) is 43.6. The van der Waals surface area contributed by atoms with Crippen LogP contribution in [0.2, 0.25) is 0 Å². The van der Waals surface area contributed by atoms with Gasteiger partial charge in [-0.1, -0.05) is 13.3 Å². The average Bonchev–Trinajstić information content (AvgIpc) is 2.55. The molecule has 0 spiro atoms. The molecule has 0 saturated carbocycles. The summed E-state index contributed by atoms with van der Waals surface area (Å²) in [7, 11) is 0. The predicted molar refractivity (Wildman–Crippen MR) is 69.1 cm³/mol. The molecule has 3 fully saturated rings. The van der Waals surface area contributed by atoms with Crippen molar-refractivity contribution in [2.75, 3.05) is 26.3 Å². The van der Waals surface area contributed by atoms with Crippen LogP contribution < -0.4 is 5.32 Å². The number of nitrogens with one attached hydrogen (secondary N) is 1. The van der Waals surface area contributed by atoms with E-state index in [9.17, 15) is 0 Å². The molecule has 0 aromatic rings. The molecule has 3 heterocycles. The van der Waals surface area contributed by atoms with Crippen LogP contribution in [0.3, 0.4) is 0 Å². The highest BCUT2D eigenvalue weighted by Crippen LogP contribution is 2.32. The van der Waals surface area contributed by atoms with Crippen molar-refractivity contribution in [2.45, 2.75) is 57.2 Å². The Bertz CT molecular complexity index is 235. The molecule has 1 N–H and O–H groups in total. The maximum absolute atomic E-state index is 5.66. The first-order valence-electron chi connectivity index (χ1n) is 7.47. The molecule has 3 heteroatoms. The zero-order valence-electron chi connectivity index (χ0n) is 11.0. The lowest BCUT2D eigenvalue weighted by Crippen LogP contribution is -2.51. The third-order valence-corrected chi connectivity index (χ3v) is 5.04. The number of ether oxygens (including phenoxy) is 1. The standard InChI is InChI=1S/C14H26N2O/c1-2-14-12-6-8-17-10-13(12)15-9-11-5-3-4-7-16(11)14/h11-15H,2-10H2,1H3/t11?,12-,13?,14+/m1/s1. The molecule has 3 rings (SSSR count). The summed E-state index contributed by atoms with van der Waals surface area (Å²) in [5.74, 6) is 0.817. The second-order valence-corrected chi connectivity index (χ2v) is 5.91. The quantitative estimate of drug-likeness (QED) is 0.751. The SMILES string of the molecule is CC[C@H]1[C@@H]2CCOCC2NCC2CCCCN21. The largest absolute Gasteiger partial charge is 0.380 e. The third kappa shape index (κ3) is 2.25. The molecule has 0 aromatic heterocycles. The summed E-state index contributed by atoms with van der Waals surface area (Å²) in [5, 5.41) is 3.78. The van der Waals surface area contributed by atoms with Crippen LogP contribution in [0.15, 0.2) is 0 Å². The molecule has 4 atom stereocenters. The fraction of sp³-hybridized carbons (Fsp3) is 1.00. The Kier molecular flexibility index (Phi) is 3.69. The van der Waals surface area contributed by atoms with Crippen molar-refractivity contribution < 1.29 is 4.74 Å². The Labute approximate surface area is 105 Å². The topological polar surface area (TPSA) is 24.5 Å². The molecule has 98 valence electrons. The van der Waals surface area contributed by atoms with E-state index in [4.69, 9.17) is 4.74 Å². The molecule has 0 aromatic carbocycles. The summed E-state index contributed by atoms with van der Waals surface area (Å²) >= 11 is 0. The maximum Gasteiger partial charge on any atom is 0.0622 e. The summed E-state index contributed by atoms with van der Waals surface area (Å²) in [6.45, 7) is 6.78. The van der Waals surface area contributed by atoms with Crippen LogP contribution in [0.4, 0.5) is 0 Å². The van der Waals surface area contributed by atoms with Crippen molar-refractivity contribution in [3.8, 4) is 0 Å². The monoisotopic (exact) mass is 238 g/mol. The molecular weight excluding hydrogens is 212 g/mol. The molecule has 0 bridgehead atoms. The van der Waals surface area contributed by atoms with Crippen LogP contribution in [0.5, 0.6) is 0 Å². The first-order valence-corrected chi connectivity index (χ1v) is 7.47. The average molecular weight is 238 g/mol. The van der Waals surface area contributed by atoms with E-state index in [1.807, 2.05) is 0 Å². The van der Waals surface area contributed by atoms with Crippen LogP contribution in [-0.2, 0) is 4.74 Å². The van der Waals surface area contributed by atoms with Gasteiger partial charge in [0.1, 0.15) is 0 Å². The third-order valence-electron chi connectivity index (χ3n) is 5.04. The lowest BCUT2D eigenvalue weighted by molar-refractivity contribution is 0.00167. The minimum absolute atomic E-state index is 0.610. The Morgan fingerprint density at radius 3 is 3.12 bits per heavy atom. The first-order chi connectivity index (χ1) is 8.40. The van der Waals surface area contributed by atoms with Crippen molar-refractivity contribution in [3.63, 3.8) is 0 Å². The molecule has 3 aliphatic heterocycles. The Morgan fingerprint density at radius 2 is 2.24 bits per heavy atom. The van der Waals surface area contributed by atoms with Gasteiger partial charge < -0.3 is 10.1 Å². The van der Waals surface area contributed by atoms with E-state index in [1.54, 1.807) is 0 Å². The smallest absolute Gasteiger partial charge is 0.0622 e. The van der Waals surface area contributed by atoms with Crippen LogP contribution in [0.25, 0.3) is 0 Å². The number of hydrogen-bond acceptors (Lipinski definition) is 3. The van der Waals surface area contributed by atoms with E-state index < -0.39 is 0 Å². The molecule has 0 amide bonds. The lowest BCUT2D eigenvalue weighted by Gasteiger charge is -2.43. The van der Waals surface area contributed by atoms with E-state index in [1.165, 1.54) is 45.2 Å². The van der Waals surface area contributed by atoms with Gasteiger partial charge in [-0.3, -0.25) is 4.90 Å². The Morgan fingerprint density at radius 1 is 1.29 bits per heavy atom. The van der Waals surface area contributed by atoms with Crippen LogP contribution in [-0.4, -0.2) is 49.3 Å². The first kappa shape index (κ1) is 11.9. The van der Waals surface area contributed by atoms with Gasteiger partial charge in [0.05, 0.1) is 6.61 Å². The van der Waals surface area contributed by atoms with Crippen LogP contribution in [0.1, 0.15) is 39.0 Å². The highest BCUT2D eigenvalue weighted by atomic mass is 16.5. The van der Waals surface area contributed by atoms with E-state index in [-0.39, 0.29) is 0 Å². The molecule has 3 saturated heterocycles. The summed E-state index contributed by atoms with van der Waals surface area (Å²) in [4.78, 5) is 2.83. The number of rotatable bonds is 1. The molecule has 0 aliphatic carbocycles. The number of nitrogens with zero attached hydrogens (tertiary/aromatic N) is 1. The summed E-state index contributed by atoms with van der Waals surface area (Å²) in [6.07, 6.45) is 6.77. The zero-order valence-corrected chi connectivity index (χ0v) is 11.0. The van der Waals surface area contributed by atoms with Crippen molar-refractivity contribution in [1.29, 1.82) is 0 Å². The molecule has 2 unspecified atom stereocenters. The number of piperidine rings is 1. The van der Waals surface area contributed by atoms with Crippen molar-refractivity contribution in [1.82, 2.24) is 10.2 Å². The highest BCUT2D eigenvalue weighted by Gasteiger charge is 2.40. The van der Waals surface area contributed by atoms with Gasteiger partial charge in [0.25, 0.3) is 0 Å². The van der Waals surface area contributed by atoms with Gasteiger partial charge in [0.15, 0.2) is 0 Å². The van der Waals surface area contributed by atoms with E-state index in [0.29, 0.717) is 6.04 Å². The predicted octanol–water partition coefficient (Wildman–Crippen LogP) is 1.63. The van der Waals surface area contributed by atoms with Gasteiger partial charge in [-0.05, 0) is 38.1 Å². The summed E-state index contributed by atoms with van der Waals surface area (Å²) in [5.41, 5.74) is 0. The lowest BCUT2D eigenvalue weighted by atomic mass is 9.85. The van der Waals surface area contributed by atoms with Gasteiger partial charge in [-0.25, -0.2) is 0 Å². The van der Waals surface area contributed by atoms with Crippen molar-refractivity contribution >= 4 is 0 Å². The van der Waals surface area contributed by atoms with Gasteiger partial charge in [0, 0.05) is 31.3 Å². The van der Waals surface area contributed by atoms with E-state index in [0.717, 1.165) is 31.2 Å². The summed E-state index contributed by atoms with van der Waals surface area (Å²) in [6, 6.07) is 2.20. The van der Waals surface area contributed by atoms with E-state index in [2.05, 4.69) is 17.1 Å². The second-order valence-electron chi connectivity index (χ2n) is 5.91. The Hall–Kier alpha value is -0.120. The van der Waals surface area contributed by atoms with E-state index >= 15 is 0 Å². The molecule has 17 heavy (non-hydrogen) atoms. The van der Waals surface area contributed by atoms with Gasteiger partial charge in [-0.2, -0.15) is 0 Å². The van der Waals surface area contributed by atoms with Gasteiger partial charge in [0.2, 0.25) is 0 Å². The number of hydrogen-bond donors (Lipinski definition) is 1. The minimum atomic E-state index is 0.610. The second kappa shape index (κ2) is 5.25. The molecule has 3 nitrogen and oxygen atoms in total. The molecule has 0 radical (unpaired) electrons. The summed E-state index contributed by atoms with van der Waals surface area (Å²) < 4.78 is 5.66. The van der Waals surface area contributed by atoms with Crippen molar-refractivity contribution in [3.05, 3.63) is 0 Å². The van der Waals surface area contributed by atoms with Gasteiger partial charge in [-0.15, -0.1) is 0 Å². The van der Waals surface area contributed by atoms with Crippen molar-refractivity contribution in [2.24, 2.45) is 5.92 Å². The number of fused-ring (bicyclic) bond motifs is 2. The zero-order chi connectivity index (χ0) is 11.7. The van der Waals surface area contributed by atoms with Crippen LogP contribution in [0, 0.1) is 5.92 Å². The fourth-order valence-electron chi connectivity index (χ4n) is 4.17. The maximum atomic E-state index is 5.66. The molecular formula is C14H26N2O. The van der Waals surface area contributed by atoms with Crippen LogP contribution >= 0.6 is 0 Å². The minimum Gasteiger partial charge on any atom is -0.380 e. The fourth-order valence-corrected chi connectivity index (χ4v) is 4.17.